The molecule has 2 amide bonds. The van der Waals surface area contributed by atoms with Crippen molar-refractivity contribution in [3.63, 3.8) is 0 Å². The largest absolute Gasteiger partial charge is 0.493 e. The first-order valence-corrected chi connectivity index (χ1v) is 12.1. The molecule has 0 aliphatic carbocycles. The van der Waals surface area contributed by atoms with E-state index in [-0.39, 0.29) is 24.2 Å². The van der Waals surface area contributed by atoms with Crippen LogP contribution in [0.2, 0.25) is 0 Å². The Hall–Kier alpha value is -3.20. The van der Waals surface area contributed by atoms with Gasteiger partial charge in [0.25, 0.3) is 5.91 Å². The highest BCUT2D eigenvalue weighted by Gasteiger charge is 2.20. The van der Waals surface area contributed by atoms with Gasteiger partial charge in [0.05, 0.1) is 25.5 Å². The smallest absolute Gasteiger partial charge is 0.339 e. The molecule has 0 saturated carbocycles. The number of ether oxygens (including phenoxy) is 3. The number of carbonyl (C=O) groups is 3. The number of nitrogens with zero attached hydrogens (tertiary/aromatic N) is 1. The van der Waals surface area contributed by atoms with Crippen molar-refractivity contribution in [2.24, 2.45) is 0 Å². The Kier molecular flexibility index (Phi) is 9.63. The second kappa shape index (κ2) is 12.9. The van der Waals surface area contributed by atoms with Crippen molar-refractivity contribution < 1.29 is 28.6 Å². The van der Waals surface area contributed by atoms with Crippen LogP contribution in [0.1, 0.15) is 28.8 Å². The number of hydrogen-bond acceptors (Lipinski definition) is 7. The number of amides is 2. The van der Waals surface area contributed by atoms with Crippen molar-refractivity contribution in [2.45, 2.75) is 24.2 Å². The quantitative estimate of drug-likeness (QED) is 0.386. The Bertz CT molecular complexity index is 1010. The van der Waals surface area contributed by atoms with E-state index >= 15 is 0 Å². The molecule has 1 heterocycles. The fourth-order valence-electron chi connectivity index (χ4n) is 3.60. The predicted octanol–water partition coefficient (Wildman–Crippen LogP) is 2.93. The van der Waals surface area contributed by atoms with Crippen LogP contribution in [0.4, 0.5) is 0 Å². The molecular weight excluding hydrogens is 456 g/mol. The third-order valence-electron chi connectivity index (χ3n) is 5.44. The molecule has 1 aliphatic heterocycles. The highest BCUT2D eigenvalue weighted by Crippen LogP contribution is 2.27. The van der Waals surface area contributed by atoms with Gasteiger partial charge in [-0.05, 0) is 49.1 Å². The Morgan fingerprint density at radius 3 is 2.47 bits per heavy atom. The summed E-state index contributed by atoms with van der Waals surface area (Å²) in [5, 5.41) is 2.75. The van der Waals surface area contributed by atoms with Gasteiger partial charge in [0.2, 0.25) is 5.91 Å². The molecule has 8 nitrogen and oxygen atoms in total. The van der Waals surface area contributed by atoms with Crippen LogP contribution < -0.4 is 14.8 Å². The van der Waals surface area contributed by atoms with Crippen molar-refractivity contribution in [1.29, 1.82) is 0 Å². The molecule has 34 heavy (non-hydrogen) atoms. The van der Waals surface area contributed by atoms with Gasteiger partial charge in [0.1, 0.15) is 0 Å². The molecule has 2 aromatic rings. The summed E-state index contributed by atoms with van der Waals surface area (Å²) in [7, 11) is 3.14. The molecule has 1 N–H and O–H groups in total. The van der Waals surface area contributed by atoms with Crippen molar-refractivity contribution in [3.05, 3.63) is 53.6 Å². The summed E-state index contributed by atoms with van der Waals surface area (Å²) in [6.07, 6.45) is 2.66. The average Bonchev–Trinajstić information content (AvgIpc) is 3.41. The standard InChI is InChI=1S/C25H30N2O6S/c1-31-20-10-9-18(15-21(20)32-2)11-12-26-23(28)16-33-25(30)19-7-3-4-8-22(19)34-17-24(29)27-13-5-6-14-27/h3-4,7-10,15H,5-6,11-14,16-17H2,1-2H3,(H,26,28). The molecule has 182 valence electrons. The van der Waals surface area contributed by atoms with Gasteiger partial charge in [-0.15, -0.1) is 11.8 Å². The van der Waals surface area contributed by atoms with Crippen LogP contribution in [-0.2, 0) is 20.7 Å². The molecular formula is C25H30N2O6S. The highest BCUT2D eigenvalue weighted by atomic mass is 32.2. The Balaban J connectivity index is 1.44. The number of thioether (sulfide) groups is 1. The summed E-state index contributed by atoms with van der Waals surface area (Å²) < 4.78 is 15.7. The zero-order valence-corrected chi connectivity index (χ0v) is 20.3. The number of rotatable bonds is 11. The number of likely N-dealkylation sites (tertiary alicyclic amines) is 1. The summed E-state index contributed by atoms with van der Waals surface area (Å²) in [5.74, 6) is 0.621. The number of esters is 1. The van der Waals surface area contributed by atoms with Gasteiger partial charge in [-0.1, -0.05) is 18.2 Å². The van der Waals surface area contributed by atoms with Gasteiger partial charge in [-0.25, -0.2) is 4.79 Å². The van der Waals surface area contributed by atoms with Crippen LogP contribution in [0.25, 0.3) is 0 Å². The van der Waals surface area contributed by atoms with Gasteiger partial charge in [-0.2, -0.15) is 0 Å². The van der Waals surface area contributed by atoms with Crippen LogP contribution >= 0.6 is 11.8 Å². The second-order valence-corrected chi connectivity index (χ2v) is 8.76. The molecule has 0 aromatic heterocycles. The molecule has 1 fully saturated rings. The van der Waals surface area contributed by atoms with Gasteiger partial charge in [0.15, 0.2) is 18.1 Å². The van der Waals surface area contributed by atoms with E-state index in [9.17, 15) is 14.4 Å². The van der Waals surface area contributed by atoms with Crippen LogP contribution in [-0.4, -0.2) is 68.9 Å². The lowest BCUT2D eigenvalue weighted by Gasteiger charge is -2.15. The van der Waals surface area contributed by atoms with Gasteiger partial charge in [-0.3, -0.25) is 9.59 Å². The number of benzene rings is 2. The molecule has 0 radical (unpaired) electrons. The van der Waals surface area contributed by atoms with Gasteiger partial charge < -0.3 is 24.4 Å². The molecule has 1 saturated heterocycles. The van der Waals surface area contributed by atoms with E-state index in [1.807, 2.05) is 23.1 Å². The van der Waals surface area contributed by atoms with Crippen molar-refractivity contribution in [3.8, 4) is 11.5 Å². The van der Waals surface area contributed by atoms with E-state index in [4.69, 9.17) is 14.2 Å². The van der Waals surface area contributed by atoms with E-state index in [0.29, 0.717) is 34.9 Å². The van der Waals surface area contributed by atoms with Crippen molar-refractivity contribution in [1.82, 2.24) is 10.2 Å². The summed E-state index contributed by atoms with van der Waals surface area (Å²) in [6, 6.07) is 12.5. The first-order chi connectivity index (χ1) is 16.5. The van der Waals surface area contributed by atoms with Crippen molar-refractivity contribution >= 4 is 29.5 Å². The maximum Gasteiger partial charge on any atom is 0.339 e. The molecule has 0 unspecified atom stereocenters. The third-order valence-corrected chi connectivity index (χ3v) is 6.49. The molecule has 0 spiro atoms. The summed E-state index contributed by atoms with van der Waals surface area (Å²) in [6.45, 7) is 1.60. The Morgan fingerprint density at radius 2 is 1.74 bits per heavy atom. The average molecular weight is 487 g/mol. The monoisotopic (exact) mass is 486 g/mol. The maximum absolute atomic E-state index is 12.6. The molecule has 2 aromatic carbocycles. The van der Waals surface area contributed by atoms with E-state index in [2.05, 4.69) is 5.32 Å². The lowest BCUT2D eigenvalue weighted by molar-refractivity contribution is -0.127. The molecule has 0 bridgehead atoms. The normalized spacial score (nSPS) is 12.8. The first kappa shape index (κ1) is 25.4. The summed E-state index contributed by atoms with van der Waals surface area (Å²) >= 11 is 1.31. The van der Waals surface area contributed by atoms with E-state index < -0.39 is 5.97 Å². The van der Waals surface area contributed by atoms with Crippen LogP contribution in [0.5, 0.6) is 11.5 Å². The minimum atomic E-state index is -0.591. The third kappa shape index (κ3) is 7.15. The minimum absolute atomic E-state index is 0.0690. The molecule has 9 heteroatoms. The number of methoxy groups -OCH3 is 2. The van der Waals surface area contributed by atoms with E-state index in [0.717, 1.165) is 31.5 Å². The fraction of sp³-hybridized carbons (Fsp3) is 0.400. The van der Waals surface area contributed by atoms with E-state index in [1.165, 1.54) is 11.8 Å². The predicted molar refractivity (Wildman–Crippen MR) is 130 cm³/mol. The number of nitrogens with one attached hydrogen (secondary N) is 1. The molecule has 0 atom stereocenters. The van der Waals surface area contributed by atoms with E-state index in [1.54, 1.807) is 38.5 Å². The SMILES string of the molecule is COc1ccc(CCNC(=O)COC(=O)c2ccccc2SCC(=O)N2CCCC2)cc1OC. The second-order valence-electron chi connectivity index (χ2n) is 7.74. The topological polar surface area (TPSA) is 94.2 Å². The molecule has 3 rings (SSSR count). The van der Waals surface area contributed by atoms with Crippen LogP contribution in [0, 0.1) is 0 Å². The van der Waals surface area contributed by atoms with Gasteiger partial charge >= 0.3 is 5.97 Å². The zero-order chi connectivity index (χ0) is 24.3. The highest BCUT2D eigenvalue weighted by molar-refractivity contribution is 8.00. The lowest BCUT2D eigenvalue weighted by Crippen LogP contribution is -2.30. The first-order valence-electron chi connectivity index (χ1n) is 11.2. The number of carbonyl (C=O) groups excluding carboxylic acids is 3. The van der Waals surface area contributed by atoms with Crippen LogP contribution in [0.3, 0.4) is 0 Å². The Labute approximate surface area is 203 Å². The zero-order valence-electron chi connectivity index (χ0n) is 19.5. The Morgan fingerprint density at radius 1 is 1.00 bits per heavy atom. The van der Waals surface area contributed by atoms with Gasteiger partial charge in [0, 0.05) is 24.5 Å². The van der Waals surface area contributed by atoms with Crippen molar-refractivity contribution in [2.75, 3.05) is 46.2 Å². The minimum Gasteiger partial charge on any atom is -0.493 e. The lowest BCUT2D eigenvalue weighted by atomic mass is 10.1. The maximum atomic E-state index is 12.6. The molecule has 1 aliphatic rings. The number of hydrogen-bond donors (Lipinski definition) is 1. The van der Waals surface area contributed by atoms with Crippen LogP contribution in [0.15, 0.2) is 47.4 Å². The summed E-state index contributed by atoms with van der Waals surface area (Å²) in [5.41, 5.74) is 1.32. The fourth-order valence-corrected chi connectivity index (χ4v) is 4.54. The summed E-state index contributed by atoms with van der Waals surface area (Å²) in [4.78, 5) is 39.5.